The topological polar surface area (TPSA) is 30.7 Å². The van der Waals surface area contributed by atoms with Crippen molar-refractivity contribution in [2.24, 2.45) is 22.2 Å². The van der Waals surface area contributed by atoms with Gasteiger partial charge in [-0.3, -0.25) is 0 Å². The van der Waals surface area contributed by atoms with Gasteiger partial charge in [0.15, 0.2) is 0 Å². The maximum Gasteiger partial charge on any atom is 0.133 e. The molecule has 0 radical (unpaired) electrons. The van der Waals surface area contributed by atoms with Crippen molar-refractivity contribution in [3.8, 4) is 0 Å². The van der Waals surface area contributed by atoms with Gasteiger partial charge in [-0.15, -0.1) is 10.2 Å². The summed E-state index contributed by atoms with van der Waals surface area (Å²) in [5, 5.41) is 8.74. The Kier molecular flexibility index (Phi) is 2.24. The van der Waals surface area contributed by atoms with Crippen molar-refractivity contribution in [2.45, 2.75) is 77.7 Å². The lowest BCUT2D eigenvalue weighted by atomic mass is 9.40. The summed E-state index contributed by atoms with van der Waals surface area (Å²) in [5.74, 6) is 2.26. The molecule has 1 aromatic heterocycles. The SMILES string of the molecule is CC12CC3CC(C)(C1)CC(Cc1nncn1C1CC1)(C3)C2. The van der Waals surface area contributed by atoms with Crippen LogP contribution in [0, 0.1) is 22.2 Å². The molecule has 5 aliphatic carbocycles. The van der Waals surface area contributed by atoms with E-state index in [1.54, 1.807) is 0 Å². The Bertz CT molecular complexity index is 567. The van der Waals surface area contributed by atoms with E-state index in [-0.39, 0.29) is 0 Å². The quantitative estimate of drug-likeness (QED) is 0.835. The van der Waals surface area contributed by atoms with E-state index >= 15 is 0 Å². The fraction of sp³-hybridized carbons (Fsp3) is 0.889. The van der Waals surface area contributed by atoms with E-state index in [9.17, 15) is 0 Å². The molecule has 0 aromatic carbocycles. The highest BCUT2D eigenvalue weighted by Crippen LogP contribution is 2.70. The van der Waals surface area contributed by atoms with Crippen LogP contribution in [0.4, 0.5) is 0 Å². The van der Waals surface area contributed by atoms with Crippen LogP contribution in [-0.4, -0.2) is 14.8 Å². The molecule has 6 rings (SSSR count). The molecule has 5 fully saturated rings. The van der Waals surface area contributed by atoms with Crippen LogP contribution in [0.25, 0.3) is 0 Å². The molecule has 2 atom stereocenters. The summed E-state index contributed by atoms with van der Waals surface area (Å²) in [6, 6.07) is 0.718. The minimum atomic E-state index is 0.530. The van der Waals surface area contributed by atoms with Crippen molar-refractivity contribution >= 4 is 0 Å². The Morgan fingerprint density at radius 3 is 2.43 bits per heavy atom. The van der Waals surface area contributed by atoms with Crippen molar-refractivity contribution in [2.75, 3.05) is 0 Å². The maximum atomic E-state index is 4.51. The van der Waals surface area contributed by atoms with Crippen molar-refractivity contribution < 1.29 is 0 Å². The van der Waals surface area contributed by atoms with E-state index in [1.165, 1.54) is 63.6 Å². The van der Waals surface area contributed by atoms with Crippen LogP contribution in [0.15, 0.2) is 6.33 Å². The van der Waals surface area contributed by atoms with Gasteiger partial charge in [-0.05, 0) is 73.5 Å². The van der Waals surface area contributed by atoms with Crippen LogP contribution in [0.3, 0.4) is 0 Å². The molecule has 2 unspecified atom stereocenters. The number of hydrogen-bond donors (Lipinski definition) is 0. The molecule has 3 nitrogen and oxygen atoms in total. The fourth-order valence-electron chi connectivity index (χ4n) is 7.27. The Morgan fingerprint density at radius 2 is 1.81 bits per heavy atom. The highest BCUT2D eigenvalue weighted by Gasteiger charge is 2.60. The molecule has 0 amide bonds. The third kappa shape index (κ3) is 1.92. The molecule has 114 valence electrons. The van der Waals surface area contributed by atoms with E-state index in [2.05, 4.69) is 28.6 Å². The normalized spacial score (nSPS) is 48.0. The molecule has 0 saturated heterocycles. The van der Waals surface area contributed by atoms with E-state index in [0.717, 1.165) is 12.0 Å². The molecule has 3 heteroatoms. The first kappa shape index (κ1) is 12.7. The van der Waals surface area contributed by atoms with Crippen molar-refractivity contribution in [1.82, 2.24) is 14.8 Å². The lowest BCUT2D eigenvalue weighted by molar-refractivity contribution is -0.145. The first-order chi connectivity index (χ1) is 9.97. The Labute approximate surface area is 127 Å². The number of rotatable bonds is 3. The van der Waals surface area contributed by atoms with Gasteiger partial charge in [0, 0.05) is 12.5 Å². The maximum absolute atomic E-state index is 4.51. The third-order valence-electron chi connectivity index (χ3n) is 6.86. The largest absolute Gasteiger partial charge is 0.314 e. The second kappa shape index (κ2) is 3.72. The zero-order valence-electron chi connectivity index (χ0n) is 13.4. The zero-order valence-corrected chi connectivity index (χ0v) is 13.4. The van der Waals surface area contributed by atoms with Gasteiger partial charge in [0.25, 0.3) is 0 Å². The van der Waals surface area contributed by atoms with Gasteiger partial charge in [0.05, 0.1) is 0 Å². The first-order valence-electron chi connectivity index (χ1n) is 8.85. The van der Waals surface area contributed by atoms with Crippen molar-refractivity contribution in [1.29, 1.82) is 0 Å². The van der Waals surface area contributed by atoms with Crippen LogP contribution in [0.5, 0.6) is 0 Å². The molecule has 0 spiro atoms. The van der Waals surface area contributed by atoms with Gasteiger partial charge in [0.2, 0.25) is 0 Å². The molecule has 1 aromatic rings. The summed E-state index contributed by atoms with van der Waals surface area (Å²) >= 11 is 0. The minimum absolute atomic E-state index is 0.530. The molecule has 0 N–H and O–H groups in total. The Hall–Kier alpha value is -0.860. The summed E-state index contributed by atoms with van der Waals surface area (Å²) in [4.78, 5) is 0. The molecule has 21 heavy (non-hydrogen) atoms. The van der Waals surface area contributed by atoms with Crippen molar-refractivity contribution in [3.05, 3.63) is 12.2 Å². The molecule has 0 aliphatic heterocycles. The average Bonchev–Trinajstić information content (AvgIpc) is 3.06. The molecular formula is C18H27N3. The van der Waals surface area contributed by atoms with E-state index in [4.69, 9.17) is 0 Å². The standard InChI is InChI=1S/C18H27N3/c1-16-5-13-6-17(2,9-16)11-18(7-13,10-16)8-15-20-19-12-21(15)14-3-4-14/h12-14H,3-11H2,1-2H3. The number of hydrogen-bond acceptors (Lipinski definition) is 2. The van der Waals surface area contributed by atoms with Gasteiger partial charge in [-0.25, -0.2) is 0 Å². The van der Waals surface area contributed by atoms with Crippen LogP contribution < -0.4 is 0 Å². The zero-order chi connectivity index (χ0) is 14.3. The summed E-state index contributed by atoms with van der Waals surface area (Å²) in [6.45, 7) is 5.13. The monoisotopic (exact) mass is 285 g/mol. The highest BCUT2D eigenvalue weighted by atomic mass is 15.3. The van der Waals surface area contributed by atoms with Gasteiger partial charge in [0.1, 0.15) is 12.2 Å². The minimum Gasteiger partial charge on any atom is -0.314 e. The Morgan fingerprint density at radius 1 is 1.10 bits per heavy atom. The Balaban J connectivity index is 1.49. The first-order valence-corrected chi connectivity index (χ1v) is 8.85. The molecule has 4 bridgehead atoms. The van der Waals surface area contributed by atoms with Gasteiger partial charge in [-0.1, -0.05) is 13.8 Å². The van der Waals surface area contributed by atoms with Gasteiger partial charge in [-0.2, -0.15) is 0 Å². The van der Waals surface area contributed by atoms with Crippen LogP contribution in [0.1, 0.15) is 77.1 Å². The molecular weight excluding hydrogens is 258 g/mol. The smallest absolute Gasteiger partial charge is 0.133 e. The second-order valence-corrected chi connectivity index (χ2v) is 9.69. The van der Waals surface area contributed by atoms with E-state index < -0.39 is 0 Å². The van der Waals surface area contributed by atoms with Crippen molar-refractivity contribution in [3.63, 3.8) is 0 Å². The average molecular weight is 285 g/mol. The lowest BCUT2D eigenvalue weighted by Crippen LogP contribution is -2.55. The summed E-state index contributed by atoms with van der Waals surface area (Å²) < 4.78 is 2.39. The predicted molar refractivity (Wildman–Crippen MR) is 81.8 cm³/mol. The highest BCUT2D eigenvalue weighted by molar-refractivity contribution is 5.13. The lowest BCUT2D eigenvalue weighted by Gasteiger charge is -2.65. The number of aromatic nitrogens is 3. The van der Waals surface area contributed by atoms with Crippen LogP contribution in [0.2, 0.25) is 0 Å². The molecule has 5 saturated carbocycles. The third-order valence-corrected chi connectivity index (χ3v) is 6.86. The van der Waals surface area contributed by atoms with E-state index in [1.807, 2.05) is 6.33 Å². The summed E-state index contributed by atoms with van der Waals surface area (Å²) in [7, 11) is 0. The number of nitrogens with zero attached hydrogens (tertiary/aromatic N) is 3. The van der Waals surface area contributed by atoms with Crippen LogP contribution >= 0.6 is 0 Å². The van der Waals surface area contributed by atoms with E-state index in [0.29, 0.717) is 16.2 Å². The predicted octanol–water partition coefficient (Wildman–Crippen LogP) is 4.15. The summed E-state index contributed by atoms with van der Waals surface area (Å²) in [6.07, 6.45) is 14.6. The fourth-order valence-corrected chi connectivity index (χ4v) is 7.27. The van der Waals surface area contributed by atoms with Gasteiger partial charge < -0.3 is 4.57 Å². The van der Waals surface area contributed by atoms with Gasteiger partial charge >= 0.3 is 0 Å². The molecule has 1 heterocycles. The summed E-state index contributed by atoms with van der Waals surface area (Å²) in [5.41, 5.74) is 1.75. The van der Waals surface area contributed by atoms with Crippen LogP contribution in [-0.2, 0) is 6.42 Å². The molecule has 5 aliphatic rings. The second-order valence-electron chi connectivity index (χ2n) is 9.69.